The molecule has 2 unspecified atom stereocenters. The van der Waals surface area contributed by atoms with Crippen LogP contribution in [-0.2, 0) is 4.74 Å². The van der Waals surface area contributed by atoms with Crippen molar-refractivity contribution < 1.29 is 9.53 Å². The lowest BCUT2D eigenvalue weighted by Gasteiger charge is -2.37. The Morgan fingerprint density at radius 1 is 1.63 bits per heavy atom. The number of pyridine rings is 1. The number of hydrogen-bond donors (Lipinski definition) is 1. The number of nitrogens with zero attached hydrogens (tertiary/aromatic N) is 2. The van der Waals surface area contributed by atoms with Crippen LogP contribution in [0.4, 0.5) is 5.82 Å². The maximum Gasteiger partial charge on any atom is 0.338 e. The summed E-state index contributed by atoms with van der Waals surface area (Å²) in [5, 5.41) is 0. The third kappa shape index (κ3) is 3.04. The number of rotatable bonds is 3. The van der Waals surface area contributed by atoms with Crippen LogP contribution in [0.2, 0.25) is 0 Å². The number of anilines is 1. The Bertz CT molecular complexity index is 450. The first-order valence-corrected chi connectivity index (χ1v) is 6.65. The van der Waals surface area contributed by atoms with Gasteiger partial charge in [0, 0.05) is 19.3 Å². The SMILES string of the molecule is COC(=O)c1ccnc(N2CCC(C)C(CN)C2)c1. The summed E-state index contributed by atoms with van der Waals surface area (Å²) in [6.07, 6.45) is 2.75. The van der Waals surface area contributed by atoms with Gasteiger partial charge in [0.2, 0.25) is 0 Å². The maximum atomic E-state index is 11.5. The number of carbonyl (C=O) groups is 1. The molecule has 0 radical (unpaired) electrons. The maximum absolute atomic E-state index is 11.5. The summed E-state index contributed by atoms with van der Waals surface area (Å²) < 4.78 is 4.73. The van der Waals surface area contributed by atoms with E-state index in [2.05, 4.69) is 16.8 Å². The van der Waals surface area contributed by atoms with Crippen molar-refractivity contribution in [3.63, 3.8) is 0 Å². The second-order valence-electron chi connectivity index (χ2n) is 5.10. The molecule has 2 atom stereocenters. The molecule has 1 aromatic heterocycles. The summed E-state index contributed by atoms with van der Waals surface area (Å²) in [5.74, 6) is 1.63. The molecule has 1 fully saturated rings. The number of carbonyl (C=O) groups excluding carboxylic acids is 1. The van der Waals surface area contributed by atoms with Gasteiger partial charge < -0.3 is 15.4 Å². The van der Waals surface area contributed by atoms with Crippen LogP contribution in [0.3, 0.4) is 0 Å². The second kappa shape index (κ2) is 6.02. The van der Waals surface area contributed by atoms with Crippen molar-refractivity contribution in [2.75, 3.05) is 31.6 Å². The molecular formula is C14H21N3O2. The molecule has 2 heterocycles. The Labute approximate surface area is 113 Å². The molecular weight excluding hydrogens is 242 g/mol. The average molecular weight is 263 g/mol. The van der Waals surface area contributed by atoms with Crippen LogP contribution >= 0.6 is 0 Å². The molecule has 1 aromatic rings. The first-order chi connectivity index (χ1) is 9.15. The fourth-order valence-electron chi connectivity index (χ4n) is 2.50. The average Bonchev–Trinajstić information content (AvgIpc) is 2.47. The van der Waals surface area contributed by atoms with Crippen molar-refractivity contribution in [3.05, 3.63) is 23.9 Å². The van der Waals surface area contributed by atoms with Gasteiger partial charge in [-0.3, -0.25) is 0 Å². The van der Waals surface area contributed by atoms with Gasteiger partial charge in [-0.05, 0) is 36.9 Å². The third-order valence-corrected chi connectivity index (χ3v) is 3.91. The van der Waals surface area contributed by atoms with Crippen LogP contribution in [0.15, 0.2) is 18.3 Å². The minimum Gasteiger partial charge on any atom is -0.465 e. The van der Waals surface area contributed by atoms with Crippen LogP contribution in [0.5, 0.6) is 0 Å². The second-order valence-corrected chi connectivity index (χ2v) is 5.10. The molecule has 2 N–H and O–H groups in total. The molecule has 0 bridgehead atoms. The Morgan fingerprint density at radius 2 is 2.42 bits per heavy atom. The third-order valence-electron chi connectivity index (χ3n) is 3.91. The van der Waals surface area contributed by atoms with Gasteiger partial charge in [0.25, 0.3) is 0 Å². The molecule has 1 aliphatic heterocycles. The molecule has 2 rings (SSSR count). The smallest absolute Gasteiger partial charge is 0.338 e. The first-order valence-electron chi connectivity index (χ1n) is 6.65. The van der Waals surface area contributed by atoms with E-state index < -0.39 is 0 Å². The minimum absolute atomic E-state index is 0.329. The van der Waals surface area contributed by atoms with E-state index >= 15 is 0 Å². The van der Waals surface area contributed by atoms with E-state index in [9.17, 15) is 4.79 Å². The van der Waals surface area contributed by atoms with Gasteiger partial charge in [0.05, 0.1) is 12.7 Å². The highest BCUT2D eigenvalue weighted by Gasteiger charge is 2.26. The summed E-state index contributed by atoms with van der Waals surface area (Å²) in [6, 6.07) is 3.46. The summed E-state index contributed by atoms with van der Waals surface area (Å²) >= 11 is 0. The highest BCUT2D eigenvalue weighted by molar-refractivity contribution is 5.90. The molecule has 1 saturated heterocycles. The van der Waals surface area contributed by atoms with Gasteiger partial charge >= 0.3 is 5.97 Å². The van der Waals surface area contributed by atoms with Gasteiger partial charge in [0.15, 0.2) is 0 Å². The summed E-state index contributed by atoms with van der Waals surface area (Å²) in [4.78, 5) is 18.1. The standard InChI is InChI=1S/C14H21N3O2/c1-10-4-6-17(9-12(10)8-15)13-7-11(3-5-16-13)14(18)19-2/h3,5,7,10,12H,4,6,8-9,15H2,1-2H3. The van der Waals surface area contributed by atoms with Gasteiger partial charge in [-0.15, -0.1) is 0 Å². The molecule has 104 valence electrons. The zero-order chi connectivity index (χ0) is 13.8. The van der Waals surface area contributed by atoms with E-state index in [-0.39, 0.29) is 5.97 Å². The molecule has 5 heteroatoms. The molecule has 19 heavy (non-hydrogen) atoms. The zero-order valence-electron chi connectivity index (χ0n) is 11.5. The Hall–Kier alpha value is -1.62. The van der Waals surface area contributed by atoms with Crippen LogP contribution in [-0.4, -0.2) is 37.7 Å². The fourth-order valence-corrected chi connectivity index (χ4v) is 2.50. The van der Waals surface area contributed by atoms with Crippen molar-refractivity contribution in [2.24, 2.45) is 17.6 Å². The predicted molar refractivity (Wildman–Crippen MR) is 74.1 cm³/mol. The van der Waals surface area contributed by atoms with E-state index in [1.807, 2.05) is 0 Å². The van der Waals surface area contributed by atoms with E-state index in [0.717, 1.165) is 25.3 Å². The van der Waals surface area contributed by atoms with E-state index in [1.54, 1.807) is 18.3 Å². The van der Waals surface area contributed by atoms with Crippen LogP contribution in [0, 0.1) is 11.8 Å². The zero-order valence-corrected chi connectivity index (χ0v) is 11.5. The predicted octanol–water partition coefficient (Wildman–Crippen LogP) is 1.29. The topological polar surface area (TPSA) is 68.5 Å². The lowest BCUT2D eigenvalue weighted by Crippen LogP contribution is -2.43. The Kier molecular flexibility index (Phi) is 4.37. The highest BCUT2D eigenvalue weighted by atomic mass is 16.5. The molecule has 0 saturated carbocycles. The molecule has 1 aliphatic rings. The number of hydrogen-bond acceptors (Lipinski definition) is 5. The molecule has 5 nitrogen and oxygen atoms in total. The first kappa shape index (κ1) is 13.8. The van der Waals surface area contributed by atoms with Crippen molar-refractivity contribution in [1.82, 2.24) is 4.98 Å². The van der Waals surface area contributed by atoms with Crippen molar-refractivity contribution in [3.8, 4) is 0 Å². The van der Waals surface area contributed by atoms with Gasteiger partial charge in [-0.25, -0.2) is 9.78 Å². The van der Waals surface area contributed by atoms with E-state index in [4.69, 9.17) is 10.5 Å². The molecule has 0 aliphatic carbocycles. The summed E-state index contributed by atoms with van der Waals surface area (Å²) in [6.45, 7) is 4.78. The monoisotopic (exact) mass is 263 g/mol. The van der Waals surface area contributed by atoms with Crippen molar-refractivity contribution in [2.45, 2.75) is 13.3 Å². The van der Waals surface area contributed by atoms with Crippen LogP contribution in [0.25, 0.3) is 0 Å². The largest absolute Gasteiger partial charge is 0.465 e. The number of aromatic nitrogens is 1. The number of piperidine rings is 1. The Morgan fingerprint density at radius 3 is 3.11 bits per heavy atom. The quantitative estimate of drug-likeness (QED) is 0.832. The van der Waals surface area contributed by atoms with Gasteiger partial charge in [-0.1, -0.05) is 6.92 Å². The van der Waals surface area contributed by atoms with E-state index in [1.165, 1.54) is 7.11 Å². The molecule has 0 spiro atoms. The van der Waals surface area contributed by atoms with Crippen LogP contribution in [0.1, 0.15) is 23.7 Å². The number of esters is 1. The molecule has 0 amide bonds. The van der Waals surface area contributed by atoms with Crippen molar-refractivity contribution >= 4 is 11.8 Å². The summed E-state index contributed by atoms with van der Waals surface area (Å²) in [7, 11) is 1.38. The van der Waals surface area contributed by atoms with Crippen LogP contribution < -0.4 is 10.6 Å². The normalized spacial score (nSPS) is 23.2. The number of ether oxygens (including phenoxy) is 1. The minimum atomic E-state index is -0.329. The Balaban J connectivity index is 2.15. The highest BCUT2D eigenvalue weighted by Crippen LogP contribution is 2.26. The number of nitrogens with two attached hydrogens (primary N) is 1. The lowest BCUT2D eigenvalue weighted by atomic mass is 9.87. The van der Waals surface area contributed by atoms with E-state index in [0.29, 0.717) is 23.9 Å². The lowest BCUT2D eigenvalue weighted by molar-refractivity contribution is 0.0600. The number of methoxy groups -OCH3 is 1. The van der Waals surface area contributed by atoms with Gasteiger partial charge in [0.1, 0.15) is 5.82 Å². The molecule has 0 aromatic carbocycles. The van der Waals surface area contributed by atoms with Gasteiger partial charge in [-0.2, -0.15) is 0 Å². The van der Waals surface area contributed by atoms with Crippen molar-refractivity contribution in [1.29, 1.82) is 0 Å². The summed E-state index contributed by atoms with van der Waals surface area (Å²) in [5.41, 5.74) is 6.35. The fraction of sp³-hybridized carbons (Fsp3) is 0.571.